The van der Waals surface area contributed by atoms with Gasteiger partial charge in [0.25, 0.3) is 0 Å². The van der Waals surface area contributed by atoms with Crippen molar-refractivity contribution in [2.75, 3.05) is 19.6 Å². The Hall–Kier alpha value is -1.12. The number of allylic oxidation sites excluding steroid dienone is 2. The van der Waals surface area contributed by atoms with Crippen LogP contribution in [-0.2, 0) is 4.79 Å². The Kier molecular flexibility index (Phi) is 16.2. The van der Waals surface area contributed by atoms with Crippen LogP contribution in [0.1, 0.15) is 110 Å². The quantitative estimate of drug-likeness (QED) is 0.217. The van der Waals surface area contributed by atoms with Crippen molar-refractivity contribution in [3.63, 3.8) is 0 Å². The van der Waals surface area contributed by atoms with E-state index in [1.807, 2.05) is 11.1 Å². The average Bonchev–Trinajstić information content (AvgIpc) is 2.66. The van der Waals surface area contributed by atoms with Crippen molar-refractivity contribution in [2.45, 2.75) is 110 Å². The van der Waals surface area contributed by atoms with Gasteiger partial charge in [-0.05, 0) is 44.7 Å². The number of carbonyl (C=O) groups excluding carboxylic acids is 1. The molecule has 0 unspecified atom stereocenters. The summed E-state index contributed by atoms with van der Waals surface area (Å²) in [4.78, 5) is 18.4. The van der Waals surface area contributed by atoms with Gasteiger partial charge in [-0.3, -0.25) is 9.79 Å². The van der Waals surface area contributed by atoms with Crippen molar-refractivity contribution < 1.29 is 4.79 Å². The molecule has 1 rings (SSSR count). The second kappa shape index (κ2) is 18.3. The van der Waals surface area contributed by atoms with Crippen LogP contribution in [0.2, 0.25) is 0 Å². The van der Waals surface area contributed by atoms with Crippen molar-refractivity contribution in [3.05, 3.63) is 12.2 Å². The van der Waals surface area contributed by atoms with Gasteiger partial charge >= 0.3 is 0 Å². The van der Waals surface area contributed by atoms with Crippen LogP contribution in [-0.4, -0.2) is 36.7 Å². The molecule has 27 heavy (non-hydrogen) atoms. The van der Waals surface area contributed by atoms with Gasteiger partial charge in [-0.25, -0.2) is 0 Å². The third-order valence-electron chi connectivity index (χ3n) is 5.41. The van der Waals surface area contributed by atoms with Gasteiger partial charge in [0.15, 0.2) is 0 Å². The lowest BCUT2D eigenvalue weighted by Gasteiger charge is -2.23. The monoisotopic (exact) mass is 376 g/mol. The molecule has 0 aliphatic carbocycles. The first-order valence-corrected chi connectivity index (χ1v) is 11.8. The largest absolute Gasteiger partial charge is 0.341 e. The third kappa shape index (κ3) is 14.6. The van der Waals surface area contributed by atoms with E-state index in [-0.39, 0.29) is 0 Å². The van der Waals surface area contributed by atoms with E-state index in [9.17, 15) is 4.79 Å². The summed E-state index contributed by atoms with van der Waals surface area (Å²) >= 11 is 0. The molecule has 0 aromatic rings. The van der Waals surface area contributed by atoms with Crippen molar-refractivity contribution in [3.8, 4) is 0 Å². The summed E-state index contributed by atoms with van der Waals surface area (Å²) in [7, 11) is 0. The minimum atomic E-state index is 0.314. The molecule has 1 heterocycles. The molecule has 0 saturated heterocycles. The molecule has 1 amide bonds. The molecule has 0 fully saturated rings. The molecule has 0 aromatic carbocycles. The van der Waals surface area contributed by atoms with E-state index in [1.54, 1.807) is 0 Å². The number of aliphatic imine (C=N–C) groups is 1. The molecule has 0 spiro atoms. The molecule has 0 aromatic heterocycles. The third-order valence-corrected chi connectivity index (χ3v) is 5.41. The van der Waals surface area contributed by atoms with Crippen LogP contribution in [0.15, 0.2) is 17.1 Å². The van der Waals surface area contributed by atoms with E-state index in [1.165, 1.54) is 83.5 Å². The van der Waals surface area contributed by atoms with Crippen LogP contribution in [0.5, 0.6) is 0 Å². The number of carbonyl (C=O) groups is 1. The van der Waals surface area contributed by atoms with Crippen LogP contribution in [0.4, 0.5) is 0 Å². The van der Waals surface area contributed by atoms with E-state index in [2.05, 4.69) is 24.1 Å². The molecule has 3 heteroatoms. The molecule has 1 aliphatic heterocycles. The maximum absolute atomic E-state index is 12.0. The number of rotatable bonds is 16. The maximum Gasteiger partial charge on any atom is 0.222 e. The van der Waals surface area contributed by atoms with Gasteiger partial charge in [-0.15, -0.1) is 0 Å². The highest BCUT2D eigenvalue weighted by atomic mass is 16.2. The van der Waals surface area contributed by atoms with Gasteiger partial charge in [-0.1, -0.05) is 76.9 Å². The highest BCUT2D eigenvalue weighted by Crippen LogP contribution is 2.11. The molecule has 0 saturated carbocycles. The summed E-state index contributed by atoms with van der Waals surface area (Å²) in [5, 5.41) is 0. The first-order chi connectivity index (χ1) is 13.3. The van der Waals surface area contributed by atoms with Crippen molar-refractivity contribution in [1.82, 2.24) is 4.90 Å². The Balaban J connectivity index is 1.84. The first-order valence-electron chi connectivity index (χ1n) is 11.8. The second-order valence-electron chi connectivity index (χ2n) is 7.95. The molecule has 0 bridgehead atoms. The maximum atomic E-state index is 12.0. The van der Waals surface area contributed by atoms with E-state index < -0.39 is 0 Å². The fraction of sp³-hybridized carbons (Fsp3) is 0.833. The zero-order chi connectivity index (χ0) is 19.4. The molecular weight excluding hydrogens is 332 g/mol. The number of hydrogen-bond donors (Lipinski definition) is 0. The lowest BCUT2D eigenvalue weighted by Crippen LogP contribution is -2.34. The van der Waals surface area contributed by atoms with Gasteiger partial charge < -0.3 is 4.90 Å². The second-order valence-corrected chi connectivity index (χ2v) is 7.95. The predicted molar refractivity (Wildman–Crippen MR) is 119 cm³/mol. The Bertz CT molecular complexity index is 403. The van der Waals surface area contributed by atoms with Crippen LogP contribution < -0.4 is 0 Å². The average molecular weight is 377 g/mol. The lowest BCUT2D eigenvalue weighted by atomic mass is 10.1. The summed E-state index contributed by atoms with van der Waals surface area (Å²) in [5.41, 5.74) is 0. The lowest BCUT2D eigenvalue weighted by molar-refractivity contribution is -0.131. The van der Waals surface area contributed by atoms with Crippen molar-refractivity contribution in [1.29, 1.82) is 0 Å². The van der Waals surface area contributed by atoms with Gasteiger partial charge in [0.05, 0.1) is 6.54 Å². The van der Waals surface area contributed by atoms with Crippen molar-refractivity contribution in [2.24, 2.45) is 4.99 Å². The first kappa shape index (κ1) is 23.9. The van der Waals surface area contributed by atoms with E-state index in [0.717, 1.165) is 32.5 Å². The summed E-state index contributed by atoms with van der Waals surface area (Å²) in [6.45, 7) is 4.78. The topological polar surface area (TPSA) is 32.7 Å². The van der Waals surface area contributed by atoms with Gasteiger partial charge in [0.1, 0.15) is 0 Å². The summed E-state index contributed by atoms with van der Waals surface area (Å²) in [6, 6.07) is 0. The molecule has 0 atom stereocenters. The molecule has 156 valence electrons. The standard InChI is InChI=1S/C24H44N2O/c1-2-3-4-5-6-7-8-9-10-11-12-13-14-15-16-17-22-26-23-21-25-20-18-19-24(26)27/h9-10,20H,2-8,11-19,21-23H2,1H3/b10-9+,25-20?. The Morgan fingerprint density at radius 3 is 2.15 bits per heavy atom. The predicted octanol–water partition coefficient (Wildman–Crippen LogP) is 6.72. The zero-order valence-corrected chi connectivity index (χ0v) is 18.0. The Morgan fingerprint density at radius 1 is 0.889 bits per heavy atom. The van der Waals surface area contributed by atoms with Gasteiger partial charge in [-0.2, -0.15) is 0 Å². The molecule has 1 aliphatic rings. The Labute approximate surface area is 168 Å². The number of hydrogen-bond acceptors (Lipinski definition) is 2. The number of amides is 1. The number of nitrogens with zero attached hydrogens (tertiary/aromatic N) is 2. The van der Waals surface area contributed by atoms with E-state index >= 15 is 0 Å². The smallest absolute Gasteiger partial charge is 0.222 e. The van der Waals surface area contributed by atoms with Crippen LogP contribution in [0, 0.1) is 0 Å². The van der Waals surface area contributed by atoms with Gasteiger partial charge in [0.2, 0.25) is 5.91 Å². The SMILES string of the molecule is CCCCCCCC/C=C/CCCCCCCCN1CCN=CCCC1=O. The molecule has 0 N–H and O–H groups in total. The highest BCUT2D eigenvalue weighted by Gasteiger charge is 2.13. The minimum absolute atomic E-state index is 0.314. The van der Waals surface area contributed by atoms with Crippen LogP contribution in [0.25, 0.3) is 0 Å². The van der Waals surface area contributed by atoms with Crippen LogP contribution in [0.3, 0.4) is 0 Å². The fourth-order valence-electron chi connectivity index (χ4n) is 3.62. The summed E-state index contributed by atoms with van der Waals surface area (Å²) < 4.78 is 0. The summed E-state index contributed by atoms with van der Waals surface area (Å²) in [6.07, 6.45) is 26.7. The normalized spacial score (nSPS) is 15.4. The van der Waals surface area contributed by atoms with E-state index in [4.69, 9.17) is 0 Å². The summed E-state index contributed by atoms with van der Waals surface area (Å²) in [5.74, 6) is 0.314. The van der Waals surface area contributed by atoms with E-state index in [0.29, 0.717) is 12.3 Å². The Morgan fingerprint density at radius 2 is 1.48 bits per heavy atom. The highest BCUT2D eigenvalue weighted by molar-refractivity contribution is 5.79. The number of unbranched alkanes of at least 4 members (excludes halogenated alkanes) is 12. The van der Waals surface area contributed by atoms with Crippen molar-refractivity contribution >= 4 is 12.1 Å². The molecule has 0 radical (unpaired) electrons. The fourth-order valence-corrected chi connectivity index (χ4v) is 3.62. The molecular formula is C24H44N2O. The molecule has 3 nitrogen and oxygen atoms in total. The van der Waals surface area contributed by atoms with Crippen LogP contribution >= 0.6 is 0 Å². The zero-order valence-electron chi connectivity index (χ0n) is 18.0. The van der Waals surface area contributed by atoms with Gasteiger partial charge in [0, 0.05) is 19.5 Å². The minimum Gasteiger partial charge on any atom is -0.341 e.